The smallest absolute Gasteiger partial charge is 0.123 e. The number of phenols is 1. The molecule has 3 heteroatoms. The number of ether oxygens (including phenoxy) is 1. The Balaban J connectivity index is 1.96. The summed E-state index contributed by atoms with van der Waals surface area (Å²) >= 11 is 0. The molecule has 0 radical (unpaired) electrons. The lowest BCUT2D eigenvalue weighted by molar-refractivity contribution is 0.273. The van der Waals surface area contributed by atoms with Crippen molar-refractivity contribution >= 4 is 5.57 Å². The summed E-state index contributed by atoms with van der Waals surface area (Å²) in [5, 5.41) is 9.61. The zero-order chi connectivity index (χ0) is 17.6. The van der Waals surface area contributed by atoms with Gasteiger partial charge >= 0.3 is 0 Å². The molecule has 0 saturated heterocycles. The van der Waals surface area contributed by atoms with E-state index in [2.05, 4.69) is 6.92 Å². The predicted molar refractivity (Wildman–Crippen MR) is 99.7 cm³/mol. The van der Waals surface area contributed by atoms with E-state index in [1.165, 1.54) is 24.0 Å². The normalized spacial score (nSPS) is 17.4. The van der Waals surface area contributed by atoms with Crippen LogP contribution in [0, 0.1) is 5.92 Å². The monoisotopic (exact) mass is 340 g/mol. The molecule has 132 valence electrons. The molecule has 1 fully saturated rings. The minimum Gasteiger partial charge on any atom is -0.508 e. The number of phenolic OH excluding ortho intramolecular Hbond substituents is 1. The first-order valence-electron chi connectivity index (χ1n) is 8.98. The number of benzene rings is 2. The molecular weight excluding hydrogens is 315 g/mol. The Morgan fingerprint density at radius 2 is 1.56 bits per heavy atom. The Bertz CT molecular complexity index is 707. The van der Waals surface area contributed by atoms with E-state index in [1.54, 1.807) is 12.1 Å². The molecule has 1 N–H and O–H groups in total. The topological polar surface area (TPSA) is 29.5 Å². The molecule has 0 unspecified atom stereocenters. The second kappa shape index (κ2) is 8.19. The number of aromatic hydroxyl groups is 1. The van der Waals surface area contributed by atoms with Crippen LogP contribution in [0.5, 0.6) is 11.5 Å². The maximum absolute atomic E-state index is 12.3. The van der Waals surface area contributed by atoms with Gasteiger partial charge in [-0.05, 0) is 72.6 Å². The Labute approximate surface area is 149 Å². The van der Waals surface area contributed by atoms with Crippen LogP contribution in [0.1, 0.15) is 43.7 Å². The molecule has 0 aromatic heterocycles. The lowest BCUT2D eigenvalue weighted by Crippen LogP contribution is -2.07. The lowest BCUT2D eigenvalue weighted by Gasteiger charge is -2.24. The van der Waals surface area contributed by atoms with Crippen LogP contribution in [0.4, 0.5) is 4.39 Å². The molecule has 1 aliphatic carbocycles. The maximum atomic E-state index is 12.3. The molecule has 2 aromatic carbocycles. The number of hydrogen-bond donors (Lipinski definition) is 1. The fourth-order valence-electron chi connectivity index (χ4n) is 3.44. The lowest BCUT2D eigenvalue weighted by atomic mass is 9.81. The minimum absolute atomic E-state index is 0.0865. The maximum Gasteiger partial charge on any atom is 0.123 e. The third kappa shape index (κ3) is 4.41. The summed E-state index contributed by atoms with van der Waals surface area (Å²) in [4.78, 5) is 0. The van der Waals surface area contributed by atoms with E-state index >= 15 is 0 Å². The Kier molecular flexibility index (Phi) is 5.75. The zero-order valence-electron chi connectivity index (χ0n) is 14.7. The molecule has 1 aliphatic rings. The molecule has 1 saturated carbocycles. The Hall–Kier alpha value is -2.29. The van der Waals surface area contributed by atoms with Crippen molar-refractivity contribution in [3.8, 4) is 11.5 Å². The van der Waals surface area contributed by atoms with Crippen molar-refractivity contribution in [2.24, 2.45) is 5.92 Å². The van der Waals surface area contributed by atoms with Crippen molar-refractivity contribution in [2.75, 3.05) is 13.3 Å². The Morgan fingerprint density at radius 3 is 2.12 bits per heavy atom. The number of allylic oxidation sites excluding steroid dienone is 1. The van der Waals surface area contributed by atoms with Crippen LogP contribution >= 0.6 is 0 Å². The fourth-order valence-corrected chi connectivity index (χ4v) is 3.44. The van der Waals surface area contributed by atoms with E-state index in [0.29, 0.717) is 5.75 Å². The second-order valence-corrected chi connectivity index (χ2v) is 6.77. The van der Waals surface area contributed by atoms with Gasteiger partial charge in [-0.15, -0.1) is 0 Å². The van der Waals surface area contributed by atoms with Gasteiger partial charge in [0.05, 0.1) is 0 Å². The summed E-state index contributed by atoms with van der Waals surface area (Å²) in [5.74, 6) is 1.75. The highest BCUT2D eigenvalue weighted by molar-refractivity contribution is 5.82. The average Bonchev–Trinajstić information content (AvgIpc) is 2.64. The van der Waals surface area contributed by atoms with E-state index in [4.69, 9.17) is 4.74 Å². The van der Waals surface area contributed by atoms with Gasteiger partial charge in [0.1, 0.15) is 24.8 Å². The van der Waals surface area contributed by atoms with Crippen LogP contribution in [-0.2, 0) is 0 Å². The van der Waals surface area contributed by atoms with Crippen LogP contribution in [0.3, 0.4) is 0 Å². The quantitative estimate of drug-likeness (QED) is 0.750. The molecule has 0 bridgehead atoms. The van der Waals surface area contributed by atoms with Gasteiger partial charge in [0.2, 0.25) is 0 Å². The number of alkyl halides is 1. The first kappa shape index (κ1) is 17.5. The van der Waals surface area contributed by atoms with Gasteiger partial charge in [0, 0.05) is 0 Å². The van der Waals surface area contributed by atoms with Crippen molar-refractivity contribution in [3.05, 3.63) is 65.2 Å². The van der Waals surface area contributed by atoms with E-state index in [1.807, 2.05) is 36.4 Å². The number of hydrogen-bond acceptors (Lipinski definition) is 2. The van der Waals surface area contributed by atoms with Crippen LogP contribution in [0.2, 0.25) is 0 Å². The van der Waals surface area contributed by atoms with Gasteiger partial charge in [0.15, 0.2) is 0 Å². The summed E-state index contributed by atoms with van der Waals surface area (Å²) in [6.07, 6.45) is 4.65. The molecule has 0 amide bonds. The number of halogens is 1. The summed E-state index contributed by atoms with van der Waals surface area (Å²) < 4.78 is 17.6. The van der Waals surface area contributed by atoms with Gasteiger partial charge in [-0.3, -0.25) is 0 Å². The SMILES string of the molecule is CC1CCC(=C(c2ccc(O)cc2)c2ccc(OCCF)cc2)CC1. The first-order chi connectivity index (χ1) is 12.2. The standard InChI is InChI=1S/C22H25FO2/c1-16-2-4-17(5-3-16)22(18-6-10-20(24)11-7-18)19-8-12-21(13-9-19)25-15-14-23/h6-13,16,24H,2-5,14-15H2,1H3. The van der Waals surface area contributed by atoms with E-state index in [-0.39, 0.29) is 12.4 Å². The summed E-state index contributed by atoms with van der Waals surface area (Å²) in [7, 11) is 0. The Morgan fingerprint density at radius 1 is 1.00 bits per heavy atom. The first-order valence-corrected chi connectivity index (χ1v) is 8.98. The van der Waals surface area contributed by atoms with Gasteiger partial charge in [-0.25, -0.2) is 4.39 Å². The van der Waals surface area contributed by atoms with E-state index < -0.39 is 6.67 Å². The van der Waals surface area contributed by atoms with Gasteiger partial charge in [-0.1, -0.05) is 36.8 Å². The third-order valence-electron chi connectivity index (χ3n) is 4.88. The highest BCUT2D eigenvalue weighted by Crippen LogP contribution is 2.37. The zero-order valence-corrected chi connectivity index (χ0v) is 14.7. The highest BCUT2D eigenvalue weighted by Gasteiger charge is 2.18. The van der Waals surface area contributed by atoms with Crippen molar-refractivity contribution in [1.29, 1.82) is 0 Å². The second-order valence-electron chi connectivity index (χ2n) is 6.77. The number of rotatable bonds is 5. The van der Waals surface area contributed by atoms with E-state index in [9.17, 15) is 9.50 Å². The van der Waals surface area contributed by atoms with Crippen LogP contribution in [-0.4, -0.2) is 18.4 Å². The highest BCUT2D eigenvalue weighted by atomic mass is 19.1. The van der Waals surface area contributed by atoms with Crippen molar-refractivity contribution in [2.45, 2.75) is 32.6 Å². The molecular formula is C22H25FO2. The molecule has 0 aliphatic heterocycles. The molecule has 3 rings (SSSR count). The average molecular weight is 340 g/mol. The molecule has 25 heavy (non-hydrogen) atoms. The third-order valence-corrected chi connectivity index (χ3v) is 4.88. The molecule has 0 heterocycles. The minimum atomic E-state index is -0.483. The molecule has 2 aromatic rings. The van der Waals surface area contributed by atoms with Gasteiger partial charge in [-0.2, -0.15) is 0 Å². The summed E-state index contributed by atoms with van der Waals surface area (Å²) in [6, 6.07) is 15.3. The van der Waals surface area contributed by atoms with Crippen molar-refractivity contribution in [3.63, 3.8) is 0 Å². The predicted octanol–water partition coefficient (Wildman–Crippen LogP) is 5.75. The molecule has 0 atom stereocenters. The molecule has 2 nitrogen and oxygen atoms in total. The van der Waals surface area contributed by atoms with Crippen molar-refractivity contribution < 1.29 is 14.2 Å². The van der Waals surface area contributed by atoms with Gasteiger partial charge < -0.3 is 9.84 Å². The van der Waals surface area contributed by atoms with Crippen LogP contribution in [0.25, 0.3) is 5.57 Å². The van der Waals surface area contributed by atoms with Crippen LogP contribution in [0.15, 0.2) is 54.1 Å². The van der Waals surface area contributed by atoms with Crippen LogP contribution < -0.4 is 4.74 Å². The van der Waals surface area contributed by atoms with Crippen molar-refractivity contribution in [1.82, 2.24) is 0 Å². The van der Waals surface area contributed by atoms with Gasteiger partial charge in [0.25, 0.3) is 0 Å². The molecule has 0 spiro atoms. The fraction of sp³-hybridized carbons (Fsp3) is 0.364. The largest absolute Gasteiger partial charge is 0.508 e. The summed E-state index contributed by atoms with van der Waals surface area (Å²) in [5.41, 5.74) is 4.99. The summed E-state index contributed by atoms with van der Waals surface area (Å²) in [6.45, 7) is 1.92. The van der Waals surface area contributed by atoms with E-state index in [0.717, 1.165) is 29.9 Å².